The average Bonchev–Trinajstić information content (AvgIpc) is 2.87. The molecule has 0 spiro atoms. The van der Waals surface area contributed by atoms with E-state index >= 15 is 0 Å². The highest BCUT2D eigenvalue weighted by Gasteiger charge is 2.29. The first-order valence-corrected chi connectivity index (χ1v) is 7.08. The van der Waals surface area contributed by atoms with Crippen LogP contribution in [-0.2, 0) is 6.42 Å². The van der Waals surface area contributed by atoms with Gasteiger partial charge in [-0.3, -0.25) is 14.2 Å². The van der Waals surface area contributed by atoms with Gasteiger partial charge in [0.2, 0.25) is 0 Å². The first-order chi connectivity index (χ1) is 9.18. The fraction of sp³-hybridized carbons (Fsp3) is 0.200. The Morgan fingerprint density at radius 3 is 2.68 bits per heavy atom. The molecular weight excluding hydrogens is 306 g/mol. The van der Waals surface area contributed by atoms with Gasteiger partial charge in [0, 0.05) is 23.0 Å². The molecule has 0 amide bonds. The molecule has 0 saturated carbocycles. The van der Waals surface area contributed by atoms with E-state index in [4.69, 9.17) is 0 Å². The summed E-state index contributed by atoms with van der Waals surface area (Å²) >= 11 is 3.37. The minimum atomic E-state index is -0.123. The van der Waals surface area contributed by atoms with Gasteiger partial charge >= 0.3 is 0 Å². The topological polar surface area (TPSA) is 39.1 Å². The van der Waals surface area contributed by atoms with Crippen molar-refractivity contribution in [2.24, 2.45) is 0 Å². The van der Waals surface area contributed by atoms with Crippen LogP contribution in [-0.4, -0.2) is 21.1 Å². The Labute approximate surface area is 119 Å². The molecule has 3 rings (SSSR count). The van der Waals surface area contributed by atoms with Crippen LogP contribution in [0, 0.1) is 0 Å². The van der Waals surface area contributed by atoms with Crippen LogP contribution >= 0.6 is 15.9 Å². The van der Waals surface area contributed by atoms with Gasteiger partial charge in [-0.05, 0) is 31.0 Å². The first-order valence-electron chi connectivity index (χ1n) is 6.17. The van der Waals surface area contributed by atoms with Crippen LogP contribution in [0.4, 0.5) is 0 Å². The van der Waals surface area contributed by atoms with Crippen molar-refractivity contribution in [1.29, 1.82) is 0 Å². The van der Waals surface area contributed by atoms with Crippen molar-refractivity contribution >= 4 is 27.6 Å². The fourth-order valence-corrected chi connectivity index (χ4v) is 2.89. The molecular formula is C15H12BrNO2. The second-order valence-electron chi connectivity index (χ2n) is 4.59. The second-order valence-corrected chi connectivity index (χ2v) is 5.69. The number of Topliss-reactive ketones (excluding diaryl/α,β-unsaturated/α-hetero) is 1. The number of aromatic nitrogens is 1. The predicted octanol–water partition coefficient (Wildman–Crippen LogP) is 3.07. The van der Waals surface area contributed by atoms with E-state index in [9.17, 15) is 9.59 Å². The van der Waals surface area contributed by atoms with Crippen LogP contribution in [0.2, 0.25) is 0 Å². The lowest BCUT2D eigenvalue weighted by atomic mass is 9.96. The zero-order valence-corrected chi connectivity index (χ0v) is 11.8. The minimum absolute atomic E-state index is 0.0702. The van der Waals surface area contributed by atoms with Gasteiger partial charge in [-0.2, -0.15) is 0 Å². The monoisotopic (exact) mass is 317 g/mol. The molecule has 1 heterocycles. The lowest BCUT2D eigenvalue weighted by Crippen LogP contribution is -2.25. The van der Waals surface area contributed by atoms with Crippen molar-refractivity contribution in [3.05, 3.63) is 59.4 Å². The molecule has 3 nitrogen and oxygen atoms in total. The van der Waals surface area contributed by atoms with Gasteiger partial charge in [-0.25, -0.2) is 0 Å². The third-order valence-corrected chi connectivity index (χ3v) is 4.29. The summed E-state index contributed by atoms with van der Waals surface area (Å²) in [5, 5.41) is 0. The van der Waals surface area contributed by atoms with Crippen molar-refractivity contribution < 1.29 is 9.59 Å². The van der Waals surface area contributed by atoms with Crippen molar-refractivity contribution in [3.63, 3.8) is 0 Å². The number of nitrogens with zero attached hydrogens (tertiary/aromatic N) is 1. The van der Waals surface area contributed by atoms with E-state index < -0.39 is 0 Å². The molecule has 0 radical (unpaired) electrons. The molecule has 0 bridgehead atoms. The number of benzene rings is 1. The van der Waals surface area contributed by atoms with Gasteiger partial charge in [0.25, 0.3) is 5.91 Å². The molecule has 0 saturated heterocycles. The van der Waals surface area contributed by atoms with Crippen LogP contribution in [0.3, 0.4) is 0 Å². The Kier molecular flexibility index (Phi) is 3.11. The van der Waals surface area contributed by atoms with Gasteiger partial charge in [-0.1, -0.05) is 34.1 Å². The Morgan fingerprint density at radius 2 is 1.95 bits per heavy atom. The van der Waals surface area contributed by atoms with Crippen molar-refractivity contribution in [2.45, 2.75) is 17.7 Å². The molecule has 1 aromatic carbocycles. The highest BCUT2D eigenvalue weighted by Crippen LogP contribution is 2.27. The van der Waals surface area contributed by atoms with Gasteiger partial charge in [0.15, 0.2) is 5.78 Å². The van der Waals surface area contributed by atoms with E-state index in [0.29, 0.717) is 11.1 Å². The maximum atomic E-state index is 12.4. The summed E-state index contributed by atoms with van der Waals surface area (Å²) in [6.45, 7) is 0. The van der Waals surface area contributed by atoms with E-state index in [1.165, 1.54) is 0 Å². The van der Waals surface area contributed by atoms with Gasteiger partial charge < -0.3 is 0 Å². The van der Waals surface area contributed by atoms with E-state index in [0.717, 1.165) is 18.5 Å². The molecule has 2 aromatic rings. The van der Waals surface area contributed by atoms with Crippen molar-refractivity contribution in [1.82, 2.24) is 4.57 Å². The van der Waals surface area contributed by atoms with E-state index in [2.05, 4.69) is 15.9 Å². The Morgan fingerprint density at radius 1 is 1.21 bits per heavy atom. The molecule has 4 heteroatoms. The molecule has 96 valence electrons. The summed E-state index contributed by atoms with van der Waals surface area (Å²) in [7, 11) is 0. The average molecular weight is 318 g/mol. The molecule has 0 unspecified atom stereocenters. The second kappa shape index (κ2) is 4.78. The van der Waals surface area contributed by atoms with Crippen molar-refractivity contribution in [2.75, 3.05) is 0 Å². The van der Waals surface area contributed by atoms with Gasteiger partial charge in [0.1, 0.15) is 0 Å². The summed E-state index contributed by atoms with van der Waals surface area (Å²) in [4.78, 5) is 24.3. The zero-order valence-electron chi connectivity index (χ0n) is 10.2. The number of fused-ring (bicyclic) bond motifs is 1. The van der Waals surface area contributed by atoms with E-state index in [1.807, 2.05) is 18.2 Å². The van der Waals surface area contributed by atoms with Crippen LogP contribution in [0.5, 0.6) is 0 Å². The third kappa shape index (κ3) is 2.06. The number of halogens is 1. The predicted molar refractivity (Wildman–Crippen MR) is 76.0 cm³/mol. The maximum absolute atomic E-state index is 12.4. The van der Waals surface area contributed by atoms with Crippen LogP contribution in [0.1, 0.15) is 32.8 Å². The lowest BCUT2D eigenvalue weighted by molar-refractivity contribution is 0.0954. The largest absolute Gasteiger partial charge is 0.293 e. The Bertz CT molecular complexity index is 645. The van der Waals surface area contributed by atoms with Crippen LogP contribution in [0.15, 0.2) is 42.6 Å². The highest BCUT2D eigenvalue weighted by atomic mass is 79.9. The molecule has 1 aliphatic carbocycles. The van der Waals surface area contributed by atoms with Gasteiger partial charge in [0.05, 0.1) is 4.83 Å². The zero-order chi connectivity index (χ0) is 13.4. The summed E-state index contributed by atoms with van der Waals surface area (Å²) in [6.07, 6.45) is 3.17. The quantitative estimate of drug-likeness (QED) is 0.758. The number of ketones is 1. The fourth-order valence-electron chi connectivity index (χ4n) is 2.42. The highest BCUT2D eigenvalue weighted by molar-refractivity contribution is 9.10. The van der Waals surface area contributed by atoms with Gasteiger partial charge in [-0.15, -0.1) is 0 Å². The Balaban J connectivity index is 2.02. The van der Waals surface area contributed by atoms with E-state index in [1.54, 1.807) is 29.0 Å². The lowest BCUT2D eigenvalue weighted by Gasteiger charge is -2.18. The Hall–Kier alpha value is -1.68. The molecule has 1 atom stereocenters. The minimum Gasteiger partial charge on any atom is -0.293 e. The standard InChI is InChI=1S/C15H12BrNO2/c16-12-6-7-13-11(14(12)18)8-9-17(13)15(19)10-4-2-1-3-5-10/h1-5,8-9,12H,6-7H2/t12-/m0/s1. The molecule has 0 aliphatic heterocycles. The number of carbonyl (C=O) groups is 2. The molecule has 0 N–H and O–H groups in total. The number of hydrogen-bond acceptors (Lipinski definition) is 2. The van der Waals surface area contributed by atoms with Crippen molar-refractivity contribution in [3.8, 4) is 0 Å². The number of alkyl halides is 1. The first kappa shape index (κ1) is 12.4. The number of carbonyl (C=O) groups excluding carboxylic acids is 2. The summed E-state index contributed by atoms with van der Waals surface area (Å²) in [5.41, 5.74) is 2.13. The van der Waals surface area contributed by atoms with Crippen LogP contribution < -0.4 is 0 Å². The molecule has 1 aliphatic rings. The molecule has 19 heavy (non-hydrogen) atoms. The number of rotatable bonds is 1. The molecule has 1 aromatic heterocycles. The van der Waals surface area contributed by atoms with Crippen LogP contribution in [0.25, 0.3) is 0 Å². The summed E-state index contributed by atoms with van der Waals surface area (Å²) < 4.78 is 1.60. The summed E-state index contributed by atoms with van der Waals surface area (Å²) in [6, 6.07) is 10.9. The normalized spacial score (nSPS) is 18.2. The van der Waals surface area contributed by atoms with E-state index in [-0.39, 0.29) is 16.5 Å². The third-order valence-electron chi connectivity index (χ3n) is 3.42. The smallest absolute Gasteiger partial charge is 0.262 e. The molecule has 0 fully saturated rings. The summed E-state index contributed by atoms with van der Waals surface area (Å²) in [5.74, 6) is -0.0106. The SMILES string of the molecule is O=C1c2ccn(C(=O)c3ccccc3)c2CC[C@@H]1Br. The maximum Gasteiger partial charge on any atom is 0.262 e. The number of hydrogen-bond donors (Lipinski definition) is 0.